The van der Waals surface area contributed by atoms with Crippen molar-refractivity contribution in [1.29, 1.82) is 5.41 Å². The molecule has 3 rings (SSSR count). The fourth-order valence-electron chi connectivity index (χ4n) is 3.86. The smallest absolute Gasteiger partial charge is 0.233 e. The van der Waals surface area contributed by atoms with Gasteiger partial charge in [-0.3, -0.25) is 20.5 Å². The molecule has 8 heteroatoms. The number of nitrogens with zero attached hydrogens (tertiary/aromatic N) is 3. The van der Waals surface area contributed by atoms with E-state index in [0.717, 1.165) is 38.0 Å². The average Bonchev–Trinajstić information content (AvgIpc) is 3.13. The monoisotopic (exact) mass is 430 g/mol. The van der Waals surface area contributed by atoms with Gasteiger partial charge in [-0.05, 0) is 44.4 Å². The summed E-state index contributed by atoms with van der Waals surface area (Å²) in [6.07, 6.45) is 2.88. The second-order valence-electron chi connectivity index (χ2n) is 7.82. The zero-order valence-corrected chi connectivity index (χ0v) is 19.3. The molecule has 0 saturated carbocycles. The number of aliphatic imine (C=N–C) groups is 1. The first-order valence-electron chi connectivity index (χ1n) is 11.0. The molecule has 1 aromatic carbocycles. The first-order chi connectivity index (χ1) is 14.5. The van der Waals surface area contributed by atoms with Crippen LogP contribution in [0.3, 0.4) is 0 Å². The van der Waals surface area contributed by atoms with Crippen LogP contribution in [0.25, 0.3) is 0 Å². The molecule has 2 aliphatic rings. The predicted octanol–water partition coefficient (Wildman–Crippen LogP) is 3.22. The lowest BCUT2D eigenvalue weighted by atomic mass is 9.97. The molecule has 1 saturated heterocycles. The standard InChI is InChI=1S/C22H34N6OS/c1-5-8-13-27(7-3)18(29)14-30-22-24-21-19(15(4)25-26-21)20(23)28(22)17-11-9-16(6-2)10-12-17/h9-12,15,19,21,23,25-26H,5-8,13-14H2,1-4H3. The van der Waals surface area contributed by atoms with Crippen LogP contribution < -0.4 is 15.8 Å². The van der Waals surface area contributed by atoms with Crippen molar-refractivity contribution in [1.82, 2.24) is 15.8 Å². The first-order valence-corrected chi connectivity index (χ1v) is 12.0. The maximum absolute atomic E-state index is 12.8. The molecule has 1 aromatic rings. The molecule has 2 heterocycles. The van der Waals surface area contributed by atoms with Crippen molar-refractivity contribution in [2.75, 3.05) is 23.7 Å². The molecule has 2 aliphatic heterocycles. The van der Waals surface area contributed by atoms with Gasteiger partial charge in [0.1, 0.15) is 12.0 Å². The maximum atomic E-state index is 12.8. The second kappa shape index (κ2) is 10.4. The third-order valence-electron chi connectivity index (χ3n) is 5.78. The molecule has 0 aliphatic carbocycles. The third kappa shape index (κ3) is 4.87. The molecule has 1 amide bonds. The van der Waals surface area contributed by atoms with Gasteiger partial charge in [0.25, 0.3) is 0 Å². The van der Waals surface area contributed by atoms with E-state index in [-0.39, 0.29) is 24.0 Å². The number of nitrogens with one attached hydrogen (secondary N) is 3. The minimum Gasteiger partial charge on any atom is -0.342 e. The van der Waals surface area contributed by atoms with Crippen molar-refractivity contribution in [2.45, 2.75) is 59.2 Å². The SMILES string of the molecule is CCCCN(CC)C(=O)CSC1=NC2NNC(C)C2C(=N)N1c1ccc(CC)cc1. The average molecular weight is 431 g/mol. The zero-order chi connectivity index (χ0) is 21.7. The van der Waals surface area contributed by atoms with Gasteiger partial charge in [0.05, 0.1) is 11.7 Å². The summed E-state index contributed by atoms with van der Waals surface area (Å²) in [6.45, 7) is 9.87. The van der Waals surface area contributed by atoms with Crippen LogP contribution in [-0.4, -0.2) is 52.9 Å². The molecule has 164 valence electrons. The summed E-state index contributed by atoms with van der Waals surface area (Å²) in [4.78, 5) is 21.5. The highest BCUT2D eigenvalue weighted by Gasteiger charge is 2.43. The van der Waals surface area contributed by atoms with Crippen molar-refractivity contribution >= 4 is 34.4 Å². The normalized spacial score (nSPS) is 23.3. The van der Waals surface area contributed by atoms with Crippen LogP contribution in [0.5, 0.6) is 0 Å². The van der Waals surface area contributed by atoms with E-state index in [2.05, 4.69) is 43.8 Å². The summed E-state index contributed by atoms with van der Waals surface area (Å²) in [5.74, 6) is 0.915. The van der Waals surface area contributed by atoms with Gasteiger partial charge in [-0.15, -0.1) is 0 Å². The number of unbranched alkanes of at least 4 members (excludes halogenated alkanes) is 1. The van der Waals surface area contributed by atoms with Gasteiger partial charge >= 0.3 is 0 Å². The molecule has 0 bridgehead atoms. The number of carbonyl (C=O) groups is 1. The fourth-order valence-corrected chi connectivity index (χ4v) is 4.81. The number of anilines is 1. The number of hydrogen-bond acceptors (Lipinski definition) is 6. The number of benzene rings is 1. The van der Waals surface area contributed by atoms with Gasteiger partial charge in [0.15, 0.2) is 5.17 Å². The van der Waals surface area contributed by atoms with Gasteiger partial charge in [0, 0.05) is 24.8 Å². The molecule has 1 fully saturated rings. The van der Waals surface area contributed by atoms with E-state index >= 15 is 0 Å². The number of hydrazine groups is 1. The predicted molar refractivity (Wildman–Crippen MR) is 126 cm³/mol. The highest BCUT2D eigenvalue weighted by molar-refractivity contribution is 8.14. The second-order valence-corrected chi connectivity index (χ2v) is 8.76. The summed E-state index contributed by atoms with van der Waals surface area (Å²) in [5.41, 5.74) is 8.58. The molecular formula is C22H34N6OS. The molecule has 0 aromatic heterocycles. The maximum Gasteiger partial charge on any atom is 0.233 e. The Kier molecular flexibility index (Phi) is 7.91. The minimum absolute atomic E-state index is 0.0485. The van der Waals surface area contributed by atoms with E-state index in [4.69, 9.17) is 10.4 Å². The van der Waals surface area contributed by atoms with Gasteiger partial charge in [-0.1, -0.05) is 44.2 Å². The van der Waals surface area contributed by atoms with Crippen LogP contribution in [0.1, 0.15) is 46.1 Å². The quantitative estimate of drug-likeness (QED) is 0.590. The van der Waals surface area contributed by atoms with Crippen molar-refractivity contribution in [3.8, 4) is 0 Å². The number of rotatable bonds is 8. The Balaban J connectivity index is 1.82. The largest absolute Gasteiger partial charge is 0.342 e. The lowest BCUT2D eigenvalue weighted by molar-refractivity contribution is -0.128. The van der Waals surface area contributed by atoms with Crippen molar-refractivity contribution < 1.29 is 4.79 Å². The van der Waals surface area contributed by atoms with Crippen LogP contribution in [0.4, 0.5) is 5.69 Å². The van der Waals surface area contributed by atoms with Gasteiger partial charge < -0.3 is 4.90 Å². The molecular weight excluding hydrogens is 396 g/mol. The zero-order valence-electron chi connectivity index (χ0n) is 18.4. The van der Waals surface area contributed by atoms with E-state index in [1.165, 1.54) is 17.3 Å². The molecule has 3 unspecified atom stereocenters. The summed E-state index contributed by atoms with van der Waals surface area (Å²) < 4.78 is 0. The Morgan fingerprint density at radius 3 is 2.60 bits per heavy atom. The summed E-state index contributed by atoms with van der Waals surface area (Å²) in [6, 6.07) is 8.40. The first kappa shape index (κ1) is 22.8. The summed E-state index contributed by atoms with van der Waals surface area (Å²) >= 11 is 1.43. The Hall–Kier alpha value is -1.90. The van der Waals surface area contributed by atoms with E-state index in [0.29, 0.717) is 16.8 Å². The van der Waals surface area contributed by atoms with Crippen molar-refractivity contribution in [2.24, 2.45) is 10.9 Å². The number of carbonyl (C=O) groups excluding carboxylic acids is 1. The third-order valence-corrected chi connectivity index (χ3v) is 6.72. The van der Waals surface area contributed by atoms with Crippen LogP contribution in [0.15, 0.2) is 29.3 Å². The number of fused-ring (bicyclic) bond motifs is 1. The van der Waals surface area contributed by atoms with Crippen LogP contribution in [0, 0.1) is 11.3 Å². The molecule has 3 N–H and O–H groups in total. The summed E-state index contributed by atoms with van der Waals surface area (Å²) in [7, 11) is 0. The van der Waals surface area contributed by atoms with E-state index in [9.17, 15) is 4.79 Å². The Morgan fingerprint density at radius 2 is 1.97 bits per heavy atom. The molecule has 3 atom stereocenters. The number of hydrogen-bond donors (Lipinski definition) is 3. The number of aryl methyl sites for hydroxylation is 1. The Labute approximate surface area is 184 Å². The highest BCUT2D eigenvalue weighted by Crippen LogP contribution is 2.31. The molecule has 0 radical (unpaired) electrons. The Morgan fingerprint density at radius 1 is 1.23 bits per heavy atom. The molecule has 0 spiro atoms. The topological polar surface area (TPSA) is 83.8 Å². The summed E-state index contributed by atoms with van der Waals surface area (Å²) in [5, 5.41) is 9.63. The van der Waals surface area contributed by atoms with Gasteiger partial charge in [-0.25, -0.2) is 10.4 Å². The van der Waals surface area contributed by atoms with Crippen LogP contribution in [-0.2, 0) is 11.2 Å². The number of thioether (sulfide) groups is 1. The lowest BCUT2D eigenvalue weighted by Crippen LogP contribution is -2.50. The van der Waals surface area contributed by atoms with Crippen molar-refractivity contribution in [3.05, 3.63) is 29.8 Å². The highest BCUT2D eigenvalue weighted by atomic mass is 32.2. The van der Waals surface area contributed by atoms with E-state index in [1.54, 1.807) is 0 Å². The van der Waals surface area contributed by atoms with Crippen LogP contribution in [0.2, 0.25) is 0 Å². The number of amidine groups is 2. The number of amides is 1. The van der Waals surface area contributed by atoms with E-state index in [1.807, 2.05) is 28.9 Å². The van der Waals surface area contributed by atoms with Gasteiger partial charge in [-0.2, -0.15) is 0 Å². The lowest BCUT2D eigenvalue weighted by Gasteiger charge is -2.36. The van der Waals surface area contributed by atoms with Crippen LogP contribution >= 0.6 is 11.8 Å². The van der Waals surface area contributed by atoms with Gasteiger partial charge in [0.2, 0.25) is 5.91 Å². The molecule has 7 nitrogen and oxygen atoms in total. The fraction of sp³-hybridized carbons (Fsp3) is 0.591. The molecule has 30 heavy (non-hydrogen) atoms. The van der Waals surface area contributed by atoms with E-state index < -0.39 is 0 Å². The minimum atomic E-state index is -0.182. The Bertz CT molecular complexity index is 780. The van der Waals surface area contributed by atoms with Crippen molar-refractivity contribution in [3.63, 3.8) is 0 Å².